The molecule has 0 aromatic heterocycles. The molecular weight excluding hydrogens is 306 g/mol. The van der Waals surface area contributed by atoms with E-state index in [1.165, 1.54) is 17.0 Å². The Morgan fingerprint density at radius 1 is 1.12 bits per heavy atom. The Morgan fingerprint density at radius 2 is 1.71 bits per heavy atom. The van der Waals surface area contributed by atoms with E-state index in [1.54, 1.807) is 12.1 Å². The zero-order chi connectivity index (χ0) is 16.8. The van der Waals surface area contributed by atoms with Crippen LogP contribution in [0.25, 0.3) is 0 Å². The summed E-state index contributed by atoms with van der Waals surface area (Å²) >= 11 is 0. The van der Waals surface area contributed by atoms with Crippen molar-refractivity contribution in [1.29, 1.82) is 0 Å². The van der Waals surface area contributed by atoms with E-state index in [0.29, 0.717) is 11.3 Å². The third-order valence-corrected chi connectivity index (χ3v) is 5.12. The molecule has 5 nitrogen and oxygen atoms in total. The van der Waals surface area contributed by atoms with Crippen molar-refractivity contribution in [2.24, 2.45) is 23.7 Å². The highest BCUT2D eigenvalue weighted by molar-refractivity contribution is 6.22. The second-order valence-electron chi connectivity index (χ2n) is 6.34. The lowest BCUT2D eigenvalue weighted by Crippen LogP contribution is -2.32. The maximum Gasteiger partial charge on any atom is 0.339 e. The van der Waals surface area contributed by atoms with Crippen LogP contribution in [0.4, 0.5) is 5.69 Å². The van der Waals surface area contributed by atoms with Crippen molar-refractivity contribution in [3.05, 3.63) is 42.0 Å². The quantitative estimate of drug-likeness (QED) is 0.368. The molecule has 2 fully saturated rings. The minimum Gasteiger partial charge on any atom is -0.449 e. The molecule has 2 aliphatic carbocycles. The molecular formula is C19H15NO4. The molecule has 4 rings (SSSR count). The van der Waals surface area contributed by atoms with E-state index in [1.807, 2.05) is 0 Å². The summed E-state index contributed by atoms with van der Waals surface area (Å²) < 4.78 is 4.85. The molecule has 1 aromatic rings. The monoisotopic (exact) mass is 321 g/mol. The fourth-order valence-corrected chi connectivity index (χ4v) is 4.09. The van der Waals surface area contributed by atoms with Crippen molar-refractivity contribution >= 4 is 23.5 Å². The molecule has 1 aliphatic heterocycles. The van der Waals surface area contributed by atoms with Gasteiger partial charge in [0.15, 0.2) is 6.61 Å². The van der Waals surface area contributed by atoms with E-state index >= 15 is 0 Å². The summed E-state index contributed by atoms with van der Waals surface area (Å²) in [6, 6.07) is 6.27. The number of terminal acetylenes is 1. The number of amides is 2. The van der Waals surface area contributed by atoms with E-state index in [-0.39, 0.29) is 42.1 Å². The number of rotatable bonds is 3. The highest BCUT2D eigenvalue weighted by Gasteiger charge is 2.59. The third kappa shape index (κ3) is 2.00. The number of anilines is 1. The van der Waals surface area contributed by atoms with Crippen LogP contribution >= 0.6 is 0 Å². The number of hydrogen-bond donors (Lipinski definition) is 0. The highest BCUT2D eigenvalue weighted by Crippen LogP contribution is 2.53. The number of esters is 1. The van der Waals surface area contributed by atoms with Crippen LogP contribution < -0.4 is 4.90 Å². The summed E-state index contributed by atoms with van der Waals surface area (Å²) in [7, 11) is 0. The van der Waals surface area contributed by atoms with Gasteiger partial charge in [-0.25, -0.2) is 4.79 Å². The van der Waals surface area contributed by atoms with Crippen molar-refractivity contribution < 1.29 is 19.1 Å². The standard InChI is InChI=1S/C19H15NO4/c1-2-9-24-19(23)11-5-7-14(8-6-11)20-17(21)15-12-3-4-13(10-12)16(15)18(20)22/h1,3-8,12-13,15-16H,9-10H2. The van der Waals surface area contributed by atoms with Gasteiger partial charge in [0, 0.05) is 0 Å². The second kappa shape index (κ2) is 5.34. The van der Waals surface area contributed by atoms with Crippen molar-refractivity contribution in [3.63, 3.8) is 0 Å². The molecule has 3 aliphatic rings. The van der Waals surface area contributed by atoms with Crippen LogP contribution in [0.2, 0.25) is 0 Å². The van der Waals surface area contributed by atoms with Gasteiger partial charge in [-0.1, -0.05) is 18.1 Å². The van der Waals surface area contributed by atoms with Crippen molar-refractivity contribution in [1.82, 2.24) is 0 Å². The second-order valence-corrected chi connectivity index (χ2v) is 6.34. The minimum atomic E-state index is -0.530. The lowest BCUT2D eigenvalue weighted by molar-refractivity contribution is -0.123. The summed E-state index contributed by atoms with van der Waals surface area (Å²) in [4.78, 5) is 38.4. The van der Waals surface area contributed by atoms with Gasteiger partial charge in [-0.05, 0) is 42.5 Å². The molecule has 5 heteroatoms. The Bertz CT molecular complexity index is 772. The van der Waals surface area contributed by atoms with E-state index in [2.05, 4.69) is 18.1 Å². The van der Waals surface area contributed by atoms with Crippen molar-refractivity contribution in [2.45, 2.75) is 6.42 Å². The first-order valence-corrected chi connectivity index (χ1v) is 7.88. The van der Waals surface area contributed by atoms with Crippen LogP contribution in [-0.4, -0.2) is 24.4 Å². The average Bonchev–Trinajstić information content (AvgIpc) is 3.27. The largest absolute Gasteiger partial charge is 0.449 e. The number of allylic oxidation sites excluding steroid dienone is 2. The van der Waals surface area contributed by atoms with Gasteiger partial charge in [0.25, 0.3) is 0 Å². The van der Waals surface area contributed by atoms with E-state index in [0.717, 1.165) is 6.42 Å². The van der Waals surface area contributed by atoms with Gasteiger partial charge >= 0.3 is 5.97 Å². The molecule has 0 spiro atoms. The number of carbonyl (C=O) groups is 3. The first kappa shape index (κ1) is 14.7. The Morgan fingerprint density at radius 3 is 2.25 bits per heavy atom. The molecule has 0 radical (unpaired) electrons. The zero-order valence-electron chi connectivity index (χ0n) is 12.8. The van der Waals surface area contributed by atoms with Crippen molar-refractivity contribution in [2.75, 3.05) is 11.5 Å². The summed E-state index contributed by atoms with van der Waals surface area (Å²) in [5.41, 5.74) is 0.822. The number of hydrogen-bond acceptors (Lipinski definition) is 4. The molecule has 24 heavy (non-hydrogen) atoms. The van der Waals surface area contributed by atoms with Gasteiger partial charge < -0.3 is 4.74 Å². The van der Waals surface area contributed by atoms with E-state index < -0.39 is 5.97 Å². The summed E-state index contributed by atoms with van der Waals surface area (Å²) in [6.45, 7) is -0.0944. The maximum atomic E-state index is 12.7. The SMILES string of the molecule is C#CCOC(=O)c1ccc(N2C(=O)C3C4C=CC(C4)C3C2=O)cc1. The summed E-state index contributed by atoms with van der Waals surface area (Å²) in [5, 5.41) is 0. The first-order valence-electron chi connectivity index (χ1n) is 7.88. The predicted molar refractivity (Wildman–Crippen MR) is 85.8 cm³/mol. The van der Waals surface area contributed by atoms with E-state index in [9.17, 15) is 14.4 Å². The smallest absolute Gasteiger partial charge is 0.339 e. The minimum absolute atomic E-state index is 0.0944. The van der Waals surface area contributed by atoms with Crippen molar-refractivity contribution in [3.8, 4) is 12.3 Å². The number of fused-ring (bicyclic) bond motifs is 5. The molecule has 4 atom stereocenters. The predicted octanol–water partition coefficient (Wildman–Crippen LogP) is 1.79. The van der Waals surface area contributed by atoms with Gasteiger partial charge in [-0.3, -0.25) is 14.5 Å². The lowest BCUT2D eigenvalue weighted by Gasteiger charge is -2.17. The summed E-state index contributed by atoms with van der Waals surface area (Å²) in [5.74, 6) is 1.33. The summed E-state index contributed by atoms with van der Waals surface area (Å²) in [6.07, 6.45) is 10.1. The fraction of sp³-hybridized carbons (Fsp3) is 0.316. The first-order chi connectivity index (χ1) is 11.6. The third-order valence-electron chi connectivity index (χ3n) is 5.12. The molecule has 2 bridgehead atoms. The van der Waals surface area contributed by atoms with Gasteiger partial charge in [0.05, 0.1) is 23.1 Å². The average molecular weight is 321 g/mol. The number of imide groups is 1. The molecule has 1 saturated carbocycles. The van der Waals surface area contributed by atoms with Crippen LogP contribution in [0, 0.1) is 36.0 Å². The van der Waals surface area contributed by atoms with Crippen LogP contribution in [-0.2, 0) is 14.3 Å². The number of benzene rings is 1. The number of ether oxygens (including phenoxy) is 1. The molecule has 1 heterocycles. The van der Waals surface area contributed by atoms with Gasteiger partial charge in [-0.15, -0.1) is 6.42 Å². The lowest BCUT2D eigenvalue weighted by atomic mass is 9.85. The topological polar surface area (TPSA) is 63.7 Å². The molecule has 2 amide bonds. The number of carbonyl (C=O) groups excluding carboxylic acids is 3. The molecule has 120 valence electrons. The van der Waals surface area contributed by atoms with Gasteiger partial charge in [0.2, 0.25) is 11.8 Å². The van der Waals surface area contributed by atoms with Crippen LogP contribution in [0.3, 0.4) is 0 Å². The molecule has 0 N–H and O–H groups in total. The molecule has 4 unspecified atom stereocenters. The zero-order valence-corrected chi connectivity index (χ0v) is 12.8. The molecule has 1 aromatic carbocycles. The van der Waals surface area contributed by atoms with Crippen LogP contribution in [0.15, 0.2) is 36.4 Å². The normalized spacial score (nSPS) is 29.7. The Balaban J connectivity index is 1.57. The molecule has 1 saturated heterocycles. The van der Waals surface area contributed by atoms with Gasteiger partial charge in [-0.2, -0.15) is 0 Å². The van der Waals surface area contributed by atoms with Gasteiger partial charge in [0.1, 0.15) is 0 Å². The Labute approximate surface area is 139 Å². The number of nitrogens with zero attached hydrogens (tertiary/aromatic N) is 1. The van der Waals surface area contributed by atoms with Crippen LogP contribution in [0.1, 0.15) is 16.8 Å². The van der Waals surface area contributed by atoms with E-state index in [4.69, 9.17) is 11.2 Å². The highest BCUT2D eigenvalue weighted by atomic mass is 16.5. The Hall–Kier alpha value is -2.87. The maximum absolute atomic E-state index is 12.7. The fourth-order valence-electron chi connectivity index (χ4n) is 4.09. The van der Waals surface area contributed by atoms with Crippen LogP contribution in [0.5, 0.6) is 0 Å². The Kier molecular flexibility index (Phi) is 3.27.